The minimum Gasteiger partial charge on any atom is -0.504 e. The summed E-state index contributed by atoms with van der Waals surface area (Å²) >= 11 is 0. The minimum absolute atomic E-state index is 0.0240. The van der Waals surface area contributed by atoms with Crippen LogP contribution in [0, 0.1) is 28.6 Å². The number of carbonyl (C=O) groups excluding carboxylic acids is 2. The van der Waals surface area contributed by atoms with Gasteiger partial charge in [0.1, 0.15) is 6.61 Å². The average molecular weight is 571 g/mol. The molecule has 6 rings (SSSR count). The van der Waals surface area contributed by atoms with Crippen molar-refractivity contribution in [1.82, 2.24) is 5.43 Å². The lowest BCUT2D eigenvalue weighted by atomic mass is 9.41. The Bertz CT molecular complexity index is 1320. The molecule has 4 fully saturated rings. The summed E-state index contributed by atoms with van der Waals surface area (Å²) in [6.07, 6.45) is 7.13. The molecule has 4 aliphatic carbocycles. The summed E-state index contributed by atoms with van der Waals surface area (Å²) < 4.78 is 5.20. The van der Waals surface area contributed by atoms with Gasteiger partial charge in [-0.15, -0.1) is 0 Å². The molecule has 0 radical (unpaired) electrons. The standard InChI is InChI=1S/C30H38N2O9/c1-27-6-3-20-21(30(27,40)9-5-19(27)17-12-24(36)41-14-17)4-8-29(39)13-18(33)2-7-28(20,29)15-31-32-26(38)16-10-22(34)25(37)23(35)11-16/h10-12,15,18-21,33-35,37,39-40H,2-9,13-14H2,1H3,(H,32,38)/b31-15+/t18-,19?,20+,21-,27?,28?,29?,30?/m1/s1. The third kappa shape index (κ3) is 3.99. The lowest BCUT2D eigenvalue weighted by Crippen LogP contribution is -2.68. The zero-order valence-corrected chi connectivity index (χ0v) is 23.0. The van der Waals surface area contributed by atoms with E-state index < -0.39 is 51.3 Å². The Labute approximate surface area is 237 Å². The van der Waals surface area contributed by atoms with Crippen LogP contribution in [0.5, 0.6) is 17.2 Å². The number of esters is 1. The van der Waals surface area contributed by atoms with Crippen LogP contribution in [0.25, 0.3) is 0 Å². The van der Waals surface area contributed by atoms with Crippen molar-refractivity contribution in [3.05, 3.63) is 29.3 Å². The summed E-state index contributed by atoms with van der Waals surface area (Å²) in [5.41, 5.74) is -0.460. The normalized spacial score (nSPS) is 41.8. The zero-order valence-electron chi connectivity index (χ0n) is 23.0. The van der Waals surface area contributed by atoms with Gasteiger partial charge < -0.3 is 35.4 Å². The van der Waals surface area contributed by atoms with Crippen molar-refractivity contribution in [3.63, 3.8) is 0 Å². The Kier molecular flexibility index (Phi) is 6.44. The summed E-state index contributed by atoms with van der Waals surface area (Å²) in [6, 6.07) is 2.02. The van der Waals surface area contributed by atoms with Crippen LogP contribution in [-0.2, 0) is 9.53 Å². The Morgan fingerprint density at radius 2 is 1.73 bits per heavy atom. The number of carbonyl (C=O) groups is 2. The fraction of sp³-hybridized carbons (Fsp3) is 0.633. The number of phenols is 3. The number of amides is 1. The van der Waals surface area contributed by atoms with Crippen molar-refractivity contribution in [1.29, 1.82) is 0 Å². The van der Waals surface area contributed by atoms with E-state index in [0.717, 1.165) is 24.1 Å². The predicted molar refractivity (Wildman–Crippen MR) is 145 cm³/mol. The van der Waals surface area contributed by atoms with Gasteiger partial charge in [-0.3, -0.25) is 4.79 Å². The molecule has 4 saturated carbocycles. The van der Waals surface area contributed by atoms with Gasteiger partial charge in [0.25, 0.3) is 5.91 Å². The summed E-state index contributed by atoms with van der Waals surface area (Å²) in [5.74, 6) is -3.41. The molecule has 1 heterocycles. The number of hydrogen-bond donors (Lipinski definition) is 7. The van der Waals surface area contributed by atoms with Gasteiger partial charge in [0.2, 0.25) is 0 Å². The topological polar surface area (TPSA) is 189 Å². The maximum Gasteiger partial charge on any atom is 0.331 e. The van der Waals surface area contributed by atoms with Crippen LogP contribution < -0.4 is 5.43 Å². The molecule has 0 aromatic heterocycles. The molecule has 5 aliphatic rings. The second-order valence-corrected chi connectivity index (χ2v) is 13.1. The number of nitrogens with zero attached hydrogens (tertiary/aromatic N) is 1. The molecular weight excluding hydrogens is 532 g/mol. The van der Waals surface area contributed by atoms with Gasteiger partial charge in [0.05, 0.1) is 17.3 Å². The number of nitrogens with one attached hydrogen (secondary N) is 1. The molecule has 8 atom stereocenters. The van der Waals surface area contributed by atoms with Crippen molar-refractivity contribution in [2.24, 2.45) is 33.7 Å². The van der Waals surface area contributed by atoms with Crippen molar-refractivity contribution in [2.75, 3.05) is 6.61 Å². The number of ether oxygens (including phenoxy) is 1. The molecule has 1 amide bonds. The van der Waals surface area contributed by atoms with Crippen LogP contribution in [0.15, 0.2) is 28.9 Å². The van der Waals surface area contributed by atoms with Crippen LogP contribution in [0.4, 0.5) is 0 Å². The lowest BCUT2D eigenvalue weighted by molar-refractivity contribution is -0.237. The molecule has 1 aromatic rings. The molecule has 11 heteroatoms. The van der Waals surface area contributed by atoms with E-state index >= 15 is 0 Å². The maximum atomic E-state index is 12.8. The number of fused-ring (bicyclic) bond motifs is 5. The van der Waals surface area contributed by atoms with E-state index in [2.05, 4.69) is 17.5 Å². The van der Waals surface area contributed by atoms with E-state index in [0.29, 0.717) is 44.9 Å². The number of aromatic hydroxyl groups is 3. The highest BCUT2D eigenvalue weighted by atomic mass is 16.5. The second-order valence-electron chi connectivity index (χ2n) is 13.1. The van der Waals surface area contributed by atoms with Gasteiger partial charge in [-0.05, 0) is 86.8 Å². The van der Waals surface area contributed by atoms with Crippen molar-refractivity contribution in [3.8, 4) is 17.2 Å². The monoisotopic (exact) mass is 570 g/mol. The highest BCUT2D eigenvalue weighted by molar-refractivity contribution is 5.95. The van der Waals surface area contributed by atoms with Crippen molar-refractivity contribution in [2.45, 2.75) is 82.0 Å². The van der Waals surface area contributed by atoms with Gasteiger partial charge >= 0.3 is 5.97 Å². The van der Waals surface area contributed by atoms with Crippen LogP contribution in [0.2, 0.25) is 0 Å². The molecule has 0 saturated heterocycles. The van der Waals surface area contributed by atoms with Gasteiger partial charge in [-0.1, -0.05) is 6.92 Å². The number of cyclic esters (lactones) is 1. The SMILES string of the molecule is CC12CC[C@H]3[C@@H](CCC4(O)C[C@H](O)CCC34/C=N/NC(=O)c3cc(O)c(O)c(O)c3)C1(O)CCC2C1=CC(=O)OC1. The van der Waals surface area contributed by atoms with Crippen molar-refractivity contribution < 1.29 is 45.0 Å². The Morgan fingerprint density at radius 3 is 2.41 bits per heavy atom. The molecule has 222 valence electrons. The largest absolute Gasteiger partial charge is 0.504 e. The number of rotatable bonds is 4. The van der Waals surface area contributed by atoms with E-state index in [1.165, 1.54) is 0 Å². The number of hydrazone groups is 1. The first-order valence-corrected chi connectivity index (χ1v) is 14.4. The highest BCUT2D eigenvalue weighted by Crippen LogP contribution is 2.70. The minimum atomic E-state index is -1.29. The molecule has 41 heavy (non-hydrogen) atoms. The van der Waals surface area contributed by atoms with Gasteiger partial charge in [0.15, 0.2) is 17.2 Å². The quantitative estimate of drug-likeness (QED) is 0.123. The molecule has 1 aliphatic heterocycles. The summed E-state index contributed by atoms with van der Waals surface area (Å²) in [4.78, 5) is 24.6. The van der Waals surface area contributed by atoms with Gasteiger partial charge in [0, 0.05) is 35.1 Å². The molecule has 7 N–H and O–H groups in total. The van der Waals surface area contributed by atoms with Gasteiger partial charge in [-0.2, -0.15) is 5.10 Å². The van der Waals surface area contributed by atoms with E-state index in [4.69, 9.17) is 4.74 Å². The fourth-order valence-electron chi connectivity index (χ4n) is 9.37. The molecular formula is C30H38N2O9. The maximum absolute atomic E-state index is 12.8. The number of hydrogen-bond acceptors (Lipinski definition) is 10. The third-order valence-corrected chi connectivity index (χ3v) is 11.4. The van der Waals surface area contributed by atoms with Crippen molar-refractivity contribution >= 4 is 18.1 Å². The Morgan fingerprint density at radius 1 is 1.02 bits per heavy atom. The zero-order chi connectivity index (χ0) is 29.4. The van der Waals surface area contributed by atoms with Crippen LogP contribution in [0.1, 0.15) is 75.1 Å². The van der Waals surface area contributed by atoms with E-state index in [9.17, 15) is 40.2 Å². The van der Waals surface area contributed by atoms with E-state index in [-0.39, 0.29) is 42.3 Å². The van der Waals surface area contributed by atoms with Gasteiger partial charge in [-0.25, -0.2) is 10.2 Å². The summed E-state index contributed by atoms with van der Waals surface area (Å²) in [7, 11) is 0. The fourth-order valence-corrected chi connectivity index (χ4v) is 9.37. The molecule has 11 nitrogen and oxygen atoms in total. The molecule has 0 bridgehead atoms. The number of phenolic OH excluding ortho intramolecular Hbond substituents is 3. The van der Waals surface area contributed by atoms with Crippen LogP contribution in [-0.4, -0.2) is 72.6 Å². The highest BCUT2D eigenvalue weighted by Gasteiger charge is 2.71. The average Bonchev–Trinajstić information content (AvgIpc) is 3.46. The number of aliphatic hydroxyl groups is 3. The lowest BCUT2D eigenvalue weighted by Gasteiger charge is -2.65. The first-order valence-electron chi connectivity index (χ1n) is 14.4. The molecule has 0 spiro atoms. The van der Waals surface area contributed by atoms with E-state index in [1.807, 2.05) is 0 Å². The molecule has 1 aromatic carbocycles. The Balaban J connectivity index is 1.32. The molecule has 5 unspecified atom stereocenters. The predicted octanol–water partition coefficient (Wildman–Crippen LogP) is 2.23. The summed E-state index contributed by atoms with van der Waals surface area (Å²) in [5, 5.41) is 68.5. The van der Waals surface area contributed by atoms with Crippen LogP contribution >= 0.6 is 0 Å². The number of aliphatic hydroxyl groups excluding tert-OH is 1. The first kappa shape index (κ1) is 28.0. The summed E-state index contributed by atoms with van der Waals surface area (Å²) in [6.45, 7) is 2.37. The smallest absolute Gasteiger partial charge is 0.331 e. The first-order chi connectivity index (χ1) is 19.3. The second kappa shape index (κ2) is 9.43. The Hall–Kier alpha value is -3.15. The van der Waals surface area contributed by atoms with Crippen LogP contribution in [0.3, 0.4) is 0 Å². The third-order valence-electron chi connectivity index (χ3n) is 11.4. The number of benzene rings is 1. The van der Waals surface area contributed by atoms with E-state index in [1.54, 1.807) is 12.3 Å².